The van der Waals surface area contributed by atoms with E-state index in [1.165, 1.54) is 0 Å². The summed E-state index contributed by atoms with van der Waals surface area (Å²) in [6.45, 7) is 4.35. The Morgan fingerprint density at radius 3 is 2.26 bits per heavy atom. The Bertz CT molecular complexity index is 1060. The smallest absolute Gasteiger partial charge is 0.475 e. The summed E-state index contributed by atoms with van der Waals surface area (Å²) in [6.07, 6.45) is -4.21. The molecule has 10 heteroatoms. The number of aryl methyl sites for hydroxylation is 1. The van der Waals surface area contributed by atoms with Crippen LogP contribution in [0.15, 0.2) is 54.6 Å². The molecule has 1 spiro atoms. The van der Waals surface area contributed by atoms with Gasteiger partial charge < -0.3 is 14.9 Å². The van der Waals surface area contributed by atoms with Gasteiger partial charge in [0.05, 0.1) is 12.1 Å². The fourth-order valence-electron chi connectivity index (χ4n) is 4.23. The minimum absolute atomic E-state index is 0.0761. The first-order chi connectivity index (χ1) is 15.9. The van der Waals surface area contributed by atoms with Gasteiger partial charge in [-0.25, -0.2) is 4.79 Å². The standard InChI is InChI=1S/C22H25N3O2.C2HF3O2/c1-17-7-6-8-18(13-17)21(27)24-12-11-22(15-24)16-25(20(26)14-23(22)2)19-9-4-3-5-10-19;3-2(4,5)1(6)7/h3-10,13H,11-12,14-16H2,1-2H3;(H,6,7). The number of piperazine rings is 1. The van der Waals surface area contributed by atoms with E-state index < -0.39 is 12.1 Å². The number of rotatable bonds is 2. The van der Waals surface area contributed by atoms with Crippen molar-refractivity contribution in [3.05, 3.63) is 65.7 Å². The number of hydrogen-bond acceptors (Lipinski definition) is 4. The number of para-hydroxylation sites is 1. The molecule has 2 aromatic carbocycles. The number of aliphatic carboxylic acids is 1. The molecule has 0 saturated carbocycles. The maximum atomic E-state index is 13.0. The van der Waals surface area contributed by atoms with Crippen LogP contribution in [0.3, 0.4) is 0 Å². The van der Waals surface area contributed by atoms with Crippen LogP contribution in [0.25, 0.3) is 0 Å². The maximum absolute atomic E-state index is 13.0. The molecule has 0 aliphatic carbocycles. The summed E-state index contributed by atoms with van der Waals surface area (Å²) < 4.78 is 31.7. The molecule has 2 amide bonds. The van der Waals surface area contributed by atoms with Crippen molar-refractivity contribution in [2.45, 2.75) is 25.1 Å². The molecule has 2 saturated heterocycles. The van der Waals surface area contributed by atoms with E-state index in [1.807, 2.05) is 78.4 Å². The Balaban J connectivity index is 0.000000406. The zero-order valence-electron chi connectivity index (χ0n) is 18.9. The minimum Gasteiger partial charge on any atom is -0.475 e. The predicted octanol–water partition coefficient (Wildman–Crippen LogP) is 3.19. The largest absolute Gasteiger partial charge is 0.490 e. The number of carboxylic acids is 1. The lowest BCUT2D eigenvalue weighted by molar-refractivity contribution is -0.192. The van der Waals surface area contributed by atoms with E-state index in [4.69, 9.17) is 9.90 Å². The molecule has 34 heavy (non-hydrogen) atoms. The molecule has 2 heterocycles. The summed E-state index contributed by atoms with van der Waals surface area (Å²) in [7, 11) is 2.00. The second kappa shape index (κ2) is 9.84. The van der Waals surface area contributed by atoms with Crippen molar-refractivity contribution in [2.75, 3.05) is 38.1 Å². The van der Waals surface area contributed by atoms with Crippen LogP contribution >= 0.6 is 0 Å². The van der Waals surface area contributed by atoms with Crippen LogP contribution in [0.4, 0.5) is 18.9 Å². The van der Waals surface area contributed by atoms with E-state index >= 15 is 0 Å². The van der Waals surface area contributed by atoms with Gasteiger partial charge in [-0.05, 0) is 44.7 Å². The van der Waals surface area contributed by atoms with E-state index in [0.717, 1.165) is 23.2 Å². The Morgan fingerprint density at radius 2 is 1.68 bits per heavy atom. The fourth-order valence-corrected chi connectivity index (χ4v) is 4.23. The average Bonchev–Trinajstić information content (AvgIpc) is 3.21. The van der Waals surface area contributed by atoms with Crippen LogP contribution in [-0.4, -0.2) is 77.6 Å². The van der Waals surface area contributed by atoms with Gasteiger partial charge in [-0.15, -0.1) is 0 Å². The third-order valence-corrected chi connectivity index (χ3v) is 6.13. The highest BCUT2D eigenvalue weighted by molar-refractivity contribution is 5.97. The Labute approximate surface area is 195 Å². The lowest BCUT2D eigenvalue weighted by Gasteiger charge is -2.46. The average molecular weight is 477 g/mol. The molecule has 4 rings (SSSR count). The minimum atomic E-state index is -5.08. The summed E-state index contributed by atoms with van der Waals surface area (Å²) >= 11 is 0. The fraction of sp³-hybridized carbons (Fsp3) is 0.375. The number of alkyl halides is 3. The molecular formula is C24H26F3N3O4. The van der Waals surface area contributed by atoms with Crippen LogP contribution in [0.5, 0.6) is 0 Å². The van der Waals surface area contributed by atoms with E-state index in [2.05, 4.69) is 4.90 Å². The van der Waals surface area contributed by atoms with Crippen LogP contribution < -0.4 is 4.90 Å². The first kappa shape index (κ1) is 25.2. The molecule has 2 fully saturated rings. The molecular weight excluding hydrogens is 451 g/mol. The van der Waals surface area contributed by atoms with E-state index in [9.17, 15) is 22.8 Å². The van der Waals surface area contributed by atoms with Crippen molar-refractivity contribution in [3.63, 3.8) is 0 Å². The quantitative estimate of drug-likeness (QED) is 0.719. The first-order valence-corrected chi connectivity index (χ1v) is 10.7. The molecule has 2 aliphatic rings. The summed E-state index contributed by atoms with van der Waals surface area (Å²) in [5, 5.41) is 7.12. The van der Waals surface area contributed by atoms with Gasteiger partial charge in [0.25, 0.3) is 5.91 Å². The van der Waals surface area contributed by atoms with Gasteiger partial charge >= 0.3 is 12.1 Å². The molecule has 0 radical (unpaired) electrons. The number of carbonyl (C=O) groups is 3. The number of likely N-dealkylation sites (tertiary alicyclic amines) is 1. The second-order valence-corrected chi connectivity index (χ2v) is 8.54. The first-order valence-electron chi connectivity index (χ1n) is 10.7. The number of carboxylic acid groups (broad SMARTS) is 1. The number of benzene rings is 2. The lowest BCUT2D eigenvalue weighted by atomic mass is 9.92. The topological polar surface area (TPSA) is 81.2 Å². The maximum Gasteiger partial charge on any atom is 0.490 e. The van der Waals surface area contributed by atoms with Gasteiger partial charge in [0, 0.05) is 30.9 Å². The predicted molar refractivity (Wildman–Crippen MR) is 120 cm³/mol. The van der Waals surface area contributed by atoms with E-state index in [1.54, 1.807) is 0 Å². The van der Waals surface area contributed by atoms with Gasteiger partial charge in [-0.2, -0.15) is 13.2 Å². The van der Waals surface area contributed by atoms with Crippen molar-refractivity contribution < 1.29 is 32.7 Å². The van der Waals surface area contributed by atoms with Gasteiger partial charge in [0.2, 0.25) is 5.91 Å². The number of nitrogens with zero attached hydrogens (tertiary/aromatic N) is 3. The van der Waals surface area contributed by atoms with Crippen LogP contribution in [0.2, 0.25) is 0 Å². The van der Waals surface area contributed by atoms with Gasteiger partial charge in [0.15, 0.2) is 0 Å². The van der Waals surface area contributed by atoms with Crippen molar-refractivity contribution in [2.24, 2.45) is 0 Å². The molecule has 7 nitrogen and oxygen atoms in total. The van der Waals surface area contributed by atoms with Crippen molar-refractivity contribution in [3.8, 4) is 0 Å². The van der Waals surface area contributed by atoms with Gasteiger partial charge in [-0.3, -0.25) is 14.5 Å². The monoisotopic (exact) mass is 477 g/mol. The number of anilines is 1. The van der Waals surface area contributed by atoms with Crippen LogP contribution in [0.1, 0.15) is 22.3 Å². The highest BCUT2D eigenvalue weighted by atomic mass is 19.4. The molecule has 1 unspecified atom stereocenters. The summed E-state index contributed by atoms with van der Waals surface area (Å²) in [6, 6.07) is 17.6. The number of hydrogen-bond donors (Lipinski definition) is 1. The zero-order valence-corrected chi connectivity index (χ0v) is 18.9. The van der Waals surface area contributed by atoms with Crippen molar-refractivity contribution >= 4 is 23.5 Å². The Morgan fingerprint density at radius 1 is 1.03 bits per heavy atom. The number of halogens is 3. The molecule has 2 aromatic rings. The van der Waals surface area contributed by atoms with Crippen LogP contribution in [0, 0.1) is 6.92 Å². The summed E-state index contributed by atoms with van der Waals surface area (Å²) in [5.74, 6) is -2.57. The SMILES string of the molecule is Cc1cccc(C(=O)N2CCC3(C2)CN(c2ccccc2)C(=O)CN3C)c1.O=C(O)C(F)(F)F. The third-order valence-electron chi connectivity index (χ3n) is 6.13. The molecule has 0 bridgehead atoms. The van der Waals surface area contributed by atoms with Crippen LogP contribution in [-0.2, 0) is 9.59 Å². The van der Waals surface area contributed by atoms with Gasteiger partial charge in [0.1, 0.15) is 0 Å². The highest BCUT2D eigenvalue weighted by Crippen LogP contribution is 2.34. The van der Waals surface area contributed by atoms with Crippen molar-refractivity contribution in [1.29, 1.82) is 0 Å². The third kappa shape index (κ3) is 5.56. The summed E-state index contributed by atoms with van der Waals surface area (Å²) in [5.41, 5.74) is 2.56. The number of likely N-dealkylation sites (N-methyl/N-ethyl adjacent to an activating group) is 1. The molecule has 2 aliphatic heterocycles. The molecule has 1 atom stereocenters. The molecule has 1 N–H and O–H groups in total. The van der Waals surface area contributed by atoms with E-state index in [0.29, 0.717) is 26.2 Å². The zero-order chi connectivity index (χ0) is 25.1. The molecule has 0 aromatic heterocycles. The Hall–Kier alpha value is -3.40. The summed E-state index contributed by atoms with van der Waals surface area (Å²) in [4.78, 5) is 40.4. The lowest BCUT2D eigenvalue weighted by Crippen LogP contribution is -2.64. The number of carbonyl (C=O) groups excluding carboxylic acids is 2. The van der Waals surface area contributed by atoms with Gasteiger partial charge in [-0.1, -0.05) is 35.9 Å². The normalized spacial score (nSPS) is 20.8. The second-order valence-electron chi connectivity index (χ2n) is 8.54. The molecule has 182 valence electrons. The highest BCUT2D eigenvalue weighted by Gasteiger charge is 2.48. The Kier molecular flexibility index (Phi) is 7.30. The number of amides is 2. The van der Waals surface area contributed by atoms with Crippen molar-refractivity contribution in [1.82, 2.24) is 9.80 Å². The van der Waals surface area contributed by atoms with E-state index in [-0.39, 0.29) is 17.4 Å².